The Bertz CT molecular complexity index is 334. The number of carbonyl (C=O) groups is 1. The van der Waals surface area contributed by atoms with Gasteiger partial charge in [0.15, 0.2) is 0 Å². The lowest BCUT2D eigenvalue weighted by Gasteiger charge is -2.32. The van der Waals surface area contributed by atoms with Crippen molar-refractivity contribution in [3.63, 3.8) is 0 Å². The third-order valence-electron chi connectivity index (χ3n) is 3.00. The number of amides is 1. The number of pyridine rings is 1. The van der Waals surface area contributed by atoms with Crippen molar-refractivity contribution in [1.29, 1.82) is 0 Å². The van der Waals surface area contributed by atoms with E-state index < -0.39 is 0 Å². The van der Waals surface area contributed by atoms with Gasteiger partial charge in [-0.05, 0) is 37.8 Å². The van der Waals surface area contributed by atoms with E-state index in [2.05, 4.69) is 11.1 Å². The van der Waals surface area contributed by atoms with Crippen LogP contribution in [0.2, 0.25) is 0 Å². The van der Waals surface area contributed by atoms with E-state index in [0.717, 1.165) is 37.1 Å². The second-order valence-corrected chi connectivity index (χ2v) is 4.09. The molecule has 1 fully saturated rings. The van der Waals surface area contributed by atoms with Gasteiger partial charge in [-0.3, -0.25) is 9.78 Å². The number of likely N-dealkylation sites (tertiary alicyclic amines) is 1. The summed E-state index contributed by atoms with van der Waals surface area (Å²) in [5.41, 5.74) is 2.18. The minimum Gasteiger partial charge on any atom is -0.338 e. The molecule has 1 aromatic rings. The van der Waals surface area contributed by atoms with Crippen LogP contribution in [0.5, 0.6) is 0 Å². The van der Waals surface area contributed by atoms with Crippen LogP contribution in [0.3, 0.4) is 0 Å². The molecule has 3 nitrogen and oxygen atoms in total. The minimum atomic E-state index is 0.240. The van der Waals surface area contributed by atoms with Gasteiger partial charge in [-0.15, -0.1) is 0 Å². The van der Waals surface area contributed by atoms with E-state index in [1.54, 1.807) is 0 Å². The van der Waals surface area contributed by atoms with Gasteiger partial charge in [0, 0.05) is 18.4 Å². The highest BCUT2D eigenvalue weighted by Gasteiger charge is 2.22. The summed E-state index contributed by atoms with van der Waals surface area (Å²) in [6.07, 6.45) is 6.23. The van der Waals surface area contributed by atoms with E-state index in [-0.39, 0.29) is 6.04 Å². The third kappa shape index (κ3) is 2.17. The van der Waals surface area contributed by atoms with Crippen molar-refractivity contribution in [3.8, 4) is 0 Å². The highest BCUT2D eigenvalue weighted by atomic mass is 16.1. The predicted octanol–water partition coefficient (Wildman–Crippen LogP) is 2.07. The summed E-state index contributed by atoms with van der Waals surface area (Å²) in [5, 5.41) is 0. The molecule has 3 heteroatoms. The second kappa shape index (κ2) is 4.43. The van der Waals surface area contributed by atoms with Crippen molar-refractivity contribution < 1.29 is 4.79 Å². The van der Waals surface area contributed by atoms with Gasteiger partial charge in [0.25, 0.3) is 0 Å². The first-order valence-electron chi connectivity index (χ1n) is 5.45. The molecule has 0 spiro atoms. The van der Waals surface area contributed by atoms with Crippen molar-refractivity contribution in [2.24, 2.45) is 0 Å². The number of hydrogen-bond donors (Lipinski definition) is 0. The van der Waals surface area contributed by atoms with Gasteiger partial charge >= 0.3 is 0 Å². The van der Waals surface area contributed by atoms with Crippen molar-refractivity contribution in [2.45, 2.75) is 32.2 Å². The smallest absolute Gasteiger partial charge is 0.210 e. The largest absolute Gasteiger partial charge is 0.338 e. The number of nitrogens with zero attached hydrogens (tertiary/aromatic N) is 2. The van der Waals surface area contributed by atoms with Gasteiger partial charge < -0.3 is 4.90 Å². The van der Waals surface area contributed by atoms with E-state index in [1.807, 2.05) is 24.1 Å². The Morgan fingerprint density at radius 1 is 1.47 bits per heavy atom. The Hall–Kier alpha value is -1.38. The van der Waals surface area contributed by atoms with Crippen LogP contribution in [0, 0.1) is 6.92 Å². The van der Waals surface area contributed by atoms with Crippen LogP contribution in [0.1, 0.15) is 36.6 Å². The number of aromatic nitrogens is 1. The summed E-state index contributed by atoms with van der Waals surface area (Å²) in [4.78, 5) is 17.1. The van der Waals surface area contributed by atoms with Crippen LogP contribution >= 0.6 is 0 Å². The number of carbonyl (C=O) groups excluding carboxylic acids is 1. The van der Waals surface area contributed by atoms with Crippen LogP contribution < -0.4 is 0 Å². The molecule has 1 saturated heterocycles. The fraction of sp³-hybridized carbons (Fsp3) is 0.500. The quantitative estimate of drug-likeness (QED) is 0.691. The van der Waals surface area contributed by atoms with Crippen molar-refractivity contribution in [2.75, 3.05) is 6.54 Å². The molecule has 0 radical (unpaired) electrons. The highest BCUT2D eigenvalue weighted by Crippen LogP contribution is 2.28. The summed E-state index contributed by atoms with van der Waals surface area (Å²) in [5.74, 6) is 0. The zero-order valence-electron chi connectivity index (χ0n) is 9.02. The topological polar surface area (TPSA) is 33.2 Å². The molecule has 1 aromatic heterocycles. The van der Waals surface area contributed by atoms with Crippen molar-refractivity contribution in [1.82, 2.24) is 9.88 Å². The molecular weight excluding hydrogens is 188 g/mol. The molecule has 0 aliphatic carbocycles. The van der Waals surface area contributed by atoms with Crippen LogP contribution in [-0.4, -0.2) is 22.8 Å². The number of rotatable bonds is 2. The molecule has 1 aliphatic heterocycles. The molecule has 1 atom stereocenters. The van der Waals surface area contributed by atoms with E-state index >= 15 is 0 Å². The monoisotopic (exact) mass is 204 g/mol. The van der Waals surface area contributed by atoms with Crippen LogP contribution in [0.25, 0.3) is 0 Å². The van der Waals surface area contributed by atoms with E-state index in [1.165, 1.54) is 6.42 Å². The maximum absolute atomic E-state index is 10.9. The second-order valence-electron chi connectivity index (χ2n) is 4.09. The van der Waals surface area contributed by atoms with Crippen LogP contribution in [-0.2, 0) is 4.79 Å². The van der Waals surface area contributed by atoms with E-state index in [0.29, 0.717) is 0 Å². The first kappa shape index (κ1) is 10.1. The van der Waals surface area contributed by atoms with Crippen LogP contribution in [0.4, 0.5) is 0 Å². The van der Waals surface area contributed by atoms with Gasteiger partial charge in [0.2, 0.25) is 6.41 Å². The van der Waals surface area contributed by atoms with E-state index in [4.69, 9.17) is 0 Å². The molecule has 0 aromatic carbocycles. The summed E-state index contributed by atoms with van der Waals surface area (Å²) in [7, 11) is 0. The van der Waals surface area contributed by atoms with E-state index in [9.17, 15) is 4.79 Å². The Kier molecular flexibility index (Phi) is 2.99. The number of hydrogen-bond acceptors (Lipinski definition) is 2. The normalized spacial score (nSPS) is 21.4. The minimum absolute atomic E-state index is 0.240. The molecule has 0 N–H and O–H groups in total. The first-order chi connectivity index (χ1) is 7.31. The molecule has 0 unspecified atom stereocenters. The Balaban J connectivity index is 2.20. The van der Waals surface area contributed by atoms with Gasteiger partial charge in [0.1, 0.15) is 0 Å². The molecule has 1 amide bonds. The zero-order valence-corrected chi connectivity index (χ0v) is 9.02. The molecule has 1 aliphatic rings. The fourth-order valence-corrected chi connectivity index (χ4v) is 2.11. The average Bonchev–Trinajstić information content (AvgIpc) is 2.30. The summed E-state index contributed by atoms with van der Waals surface area (Å²) >= 11 is 0. The average molecular weight is 204 g/mol. The third-order valence-corrected chi connectivity index (χ3v) is 3.00. The molecule has 2 heterocycles. The van der Waals surface area contributed by atoms with Crippen LogP contribution in [0.15, 0.2) is 18.3 Å². The van der Waals surface area contributed by atoms with Gasteiger partial charge in [-0.25, -0.2) is 0 Å². The van der Waals surface area contributed by atoms with Gasteiger partial charge in [-0.1, -0.05) is 6.07 Å². The number of aryl methyl sites for hydroxylation is 1. The first-order valence-corrected chi connectivity index (χ1v) is 5.45. The fourth-order valence-electron chi connectivity index (χ4n) is 2.11. The molecular formula is C12H16N2O. The molecule has 2 rings (SSSR count). The zero-order chi connectivity index (χ0) is 10.7. The lowest BCUT2D eigenvalue weighted by Crippen LogP contribution is -2.32. The maximum atomic E-state index is 10.9. The summed E-state index contributed by atoms with van der Waals surface area (Å²) < 4.78 is 0. The lowest BCUT2D eigenvalue weighted by molar-refractivity contribution is -0.121. The summed E-state index contributed by atoms with van der Waals surface area (Å²) in [6.45, 7) is 2.85. The molecule has 80 valence electrons. The Morgan fingerprint density at radius 2 is 2.33 bits per heavy atom. The Morgan fingerprint density at radius 3 is 3.00 bits per heavy atom. The lowest BCUT2D eigenvalue weighted by atomic mass is 9.97. The molecule has 0 saturated carbocycles. The van der Waals surface area contributed by atoms with Gasteiger partial charge in [-0.2, -0.15) is 0 Å². The number of piperidine rings is 1. The predicted molar refractivity (Wildman–Crippen MR) is 58.3 cm³/mol. The molecule has 15 heavy (non-hydrogen) atoms. The maximum Gasteiger partial charge on any atom is 0.210 e. The standard InChI is InChI=1S/C12H16N2O/c1-10-5-6-11(8-13-10)12-4-2-3-7-14(12)9-15/h5-6,8-9,12H,2-4,7H2,1H3/t12-/m0/s1. The summed E-state index contributed by atoms with van der Waals surface area (Å²) in [6, 6.07) is 4.33. The molecule has 0 bridgehead atoms. The van der Waals surface area contributed by atoms with Crippen molar-refractivity contribution >= 4 is 6.41 Å². The highest BCUT2D eigenvalue weighted by molar-refractivity contribution is 5.49. The van der Waals surface area contributed by atoms with Crippen molar-refractivity contribution in [3.05, 3.63) is 29.6 Å². The van der Waals surface area contributed by atoms with Gasteiger partial charge in [0.05, 0.1) is 6.04 Å². The SMILES string of the molecule is Cc1ccc([C@@H]2CCCCN2C=O)cn1. The Labute approximate surface area is 90.1 Å².